The normalized spacial score (nSPS) is 33.1. The first-order chi connectivity index (χ1) is 10.3. The van der Waals surface area contributed by atoms with E-state index in [1.165, 1.54) is 25.9 Å². The standard InChI is InChI=1S/C17H19N3O/c1-2-4-13(5-3-1)15-10-20-12-17(21-16(20)18-15)11-19-8-6-14(17)7-9-19/h1-5,10,14H,6-9,11-12H2/t17-/m1/s1. The van der Waals surface area contributed by atoms with E-state index in [-0.39, 0.29) is 5.60 Å². The second-order valence-electron chi connectivity index (χ2n) is 6.62. The molecule has 6 rings (SSSR count). The number of piperidine rings is 3. The summed E-state index contributed by atoms with van der Waals surface area (Å²) in [5.74, 6) is 0.698. The maximum atomic E-state index is 6.38. The van der Waals surface area contributed by atoms with Crippen molar-refractivity contribution in [3.8, 4) is 17.3 Å². The van der Waals surface area contributed by atoms with E-state index < -0.39 is 0 Å². The summed E-state index contributed by atoms with van der Waals surface area (Å²) in [6, 6.07) is 11.1. The van der Waals surface area contributed by atoms with Gasteiger partial charge in [-0.15, -0.1) is 0 Å². The van der Waals surface area contributed by atoms with Crippen molar-refractivity contribution in [2.45, 2.75) is 25.0 Å². The Hall–Kier alpha value is -1.81. The summed E-state index contributed by atoms with van der Waals surface area (Å²) in [5.41, 5.74) is 2.17. The fourth-order valence-electron chi connectivity index (χ4n) is 4.26. The quantitative estimate of drug-likeness (QED) is 0.804. The Bertz CT molecular complexity index is 647. The van der Waals surface area contributed by atoms with Crippen LogP contribution in [0.2, 0.25) is 0 Å². The highest BCUT2D eigenvalue weighted by Crippen LogP contribution is 2.44. The first-order valence-electron chi connectivity index (χ1n) is 7.86. The van der Waals surface area contributed by atoms with E-state index in [0.717, 1.165) is 30.4 Å². The van der Waals surface area contributed by atoms with Crippen molar-refractivity contribution in [2.75, 3.05) is 19.6 Å². The second-order valence-corrected chi connectivity index (χ2v) is 6.62. The van der Waals surface area contributed by atoms with Gasteiger partial charge < -0.3 is 4.74 Å². The molecule has 1 atom stereocenters. The van der Waals surface area contributed by atoms with E-state index in [1.54, 1.807) is 0 Å². The Morgan fingerprint density at radius 2 is 1.90 bits per heavy atom. The molecule has 2 bridgehead atoms. The minimum absolute atomic E-state index is 0.00590. The van der Waals surface area contributed by atoms with Crippen LogP contribution in [-0.2, 0) is 6.54 Å². The van der Waals surface area contributed by atoms with Crippen LogP contribution in [-0.4, -0.2) is 39.7 Å². The lowest BCUT2D eigenvalue weighted by atomic mass is 9.75. The zero-order valence-corrected chi connectivity index (χ0v) is 12.0. The molecule has 0 amide bonds. The van der Waals surface area contributed by atoms with E-state index in [1.807, 2.05) is 6.07 Å². The largest absolute Gasteiger partial charge is 0.454 e. The van der Waals surface area contributed by atoms with Crippen LogP contribution < -0.4 is 4.74 Å². The molecule has 5 heterocycles. The number of benzene rings is 1. The first-order valence-corrected chi connectivity index (χ1v) is 7.86. The summed E-state index contributed by atoms with van der Waals surface area (Å²) in [7, 11) is 0. The van der Waals surface area contributed by atoms with Gasteiger partial charge in [-0.25, -0.2) is 0 Å². The van der Waals surface area contributed by atoms with Crippen molar-refractivity contribution < 1.29 is 4.74 Å². The average molecular weight is 281 g/mol. The van der Waals surface area contributed by atoms with Gasteiger partial charge in [0.25, 0.3) is 6.01 Å². The third-order valence-electron chi connectivity index (χ3n) is 5.36. The van der Waals surface area contributed by atoms with Crippen LogP contribution in [0.25, 0.3) is 11.3 Å². The third-order valence-corrected chi connectivity index (χ3v) is 5.36. The summed E-state index contributed by atoms with van der Waals surface area (Å²) < 4.78 is 8.59. The van der Waals surface area contributed by atoms with Crippen LogP contribution in [0, 0.1) is 5.92 Å². The molecule has 4 aliphatic rings. The van der Waals surface area contributed by atoms with Gasteiger partial charge in [0.15, 0.2) is 0 Å². The summed E-state index contributed by atoms with van der Waals surface area (Å²) in [5, 5.41) is 0. The van der Waals surface area contributed by atoms with Crippen LogP contribution in [0.5, 0.6) is 6.01 Å². The van der Waals surface area contributed by atoms with Gasteiger partial charge in [0, 0.05) is 24.2 Å². The zero-order valence-electron chi connectivity index (χ0n) is 12.0. The Morgan fingerprint density at radius 3 is 2.57 bits per heavy atom. The molecule has 2 aromatic rings. The highest BCUT2D eigenvalue weighted by molar-refractivity contribution is 5.59. The van der Waals surface area contributed by atoms with Crippen molar-refractivity contribution >= 4 is 0 Å². The van der Waals surface area contributed by atoms with Gasteiger partial charge in [0.1, 0.15) is 5.60 Å². The number of rotatable bonds is 1. The molecule has 21 heavy (non-hydrogen) atoms. The topological polar surface area (TPSA) is 30.3 Å². The molecule has 3 saturated heterocycles. The van der Waals surface area contributed by atoms with Crippen LogP contribution in [0.1, 0.15) is 12.8 Å². The molecule has 1 aromatic heterocycles. The maximum Gasteiger partial charge on any atom is 0.297 e. The van der Waals surface area contributed by atoms with E-state index in [2.05, 4.69) is 39.9 Å². The Kier molecular flexibility index (Phi) is 2.31. The summed E-state index contributed by atoms with van der Waals surface area (Å²) in [6.07, 6.45) is 4.70. The molecular weight excluding hydrogens is 262 g/mol. The number of ether oxygens (including phenoxy) is 1. The lowest BCUT2D eigenvalue weighted by molar-refractivity contribution is -0.0834. The van der Waals surface area contributed by atoms with Crippen molar-refractivity contribution in [3.05, 3.63) is 36.5 Å². The van der Waals surface area contributed by atoms with E-state index >= 15 is 0 Å². The number of hydrogen-bond acceptors (Lipinski definition) is 3. The van der Waals surface area contributed by atoms with Gasteiger partial charge >= 0.3 is 0 Å². The van der Waals surface area contributed by atoms with Gasteiger partial charge in [-0.2, -0.15) is 4.98 Å². The molecule has 0 aliphatic carbocycles. The van der Waals surface area contributed by atoms with E-state index in [0.29, 0.717) is 5.92 Å². The number of fused-ring (bicyclic) bond motifs is 3. The molecule has 108 valence electrons. The molecule has 0 radical (unpaired) electrons. The Balaban J connectivity index is 1.46. The molecule has 0 unspecified atom stereocenters. The number of aromatic nitrogens is 2. The molecule has 4 aliphatic heterocycles. The molecule has 1 spiro atoms. The van der Waals surface area contributed by atoms with E-state index in [9.17, 15) is 0 Å². The minimum atomic E-state index is -0.00590. The Morgan fingerprint density at radius 1 is 1.10 bits per heavy atom. The fraction of sp³-hybridized carbons (Fsp3) is 0.471. The molecule has 3 fully saturated rings. The van der Waals surface area contributed by atoms with Gasteiger partial charge in [0.2, 0.25) is 0 Å². The van der Waals surface area contributed by atoms with Gasteiger partial charge in [-0.3, -0.25) is 9.47 Å². The van der Waals surface area contributed by atoms with Crippen LogP contribution >= 0.6 is 0 Å². The summed E-state index contributed by atoms with van der Waals surface area (Å²) in [4.78, 5) is 7.26. The first kappa shape index (κ1) is 11.8. The van der Waals surface area contributed by atoms with Gasteiger partial charge in [0.05, 0.1) is 12.2 Å². The molecule has 4 nitrogen and oxygen atoms in total. The zero-order chi connectivity index (χ0) is 13.9. The summed E-state index contributed by atoms with van der Waals surface area (Å²) in [6.45, 7) is 4.52. The highest BCUT2D eigenvalue weighted by atomic mass is 16.5. The predicted molar refractivity (Wildman–Crippen MR) is 80.2 cm³/mol. The average Bonchev–Trinajstić information content (AvgIpc) is 3.05. The van der Waals surface area contributed by atoms with Gasteiger partial charge in [-0.1, -0.05) is 30.3 Å². The lowest BCUT2D eigenvalue weighted by Crippen LogP contribution is -2.61. The molecule has 4 heteroatoms. The fourth-order valence-corrected chi connectivity index (χ4v) is 4.26. The maximum absolute atomic E-state index is 6.38. The lowest BCUT2D eigenvalue weighted by Gasteiger charge is -2.50. The molecule has 0 saturated carbocycles. The minimum Gasteiger partial charge on any atom is -0.454 e. The van der Waals surface area contributed by atoms with Crippen molar-refractivity contribution in [1.29, 1.82) is 0 Å². The molecule has 0 N–H and O–H groups in total. The third kappa shape index (κ3) is 1.69. The van der Waals surface area contributed by atoms with Crippen LogP contribution in [0.15, 0.2) is 36.5 Å². The van der Waals surface area contributed by atoms with Gasteiger partial charge in [-0.05, 0) is 25.9 Å². The van der Waals surface area contributed by atoms with E-state index in [4.69, 9.17) is 9.72 Å². The highest BCUT2D eigenvalue weighted by Gasteiger charge is 2.52. The number of hydrogen-bond donors (Lipinski definition) is 0. The number of nitrogens with zero attached hydrogens (tertiary/aromatic N) is 3. The van der Waals surface area contributed by atoms with Crippen molar-refractivity contribution in [2.24, 2.45) is 5.92 Å². The Labute approximate surface area is 124 Å². The van der Waals surface area contributed by atoms with Crippen LogP contribution in [0.4, 0.5) is 0 Å². The summed E-state index contributed by atoms with van der Waals surface area (Å²) >= 11 is 0. The second kappa shape index (κ2) is 4.10. The number of imidazole rings is 1. The predicted octanol–water partition coefficient (Wildman–Crippen LogP) is 2.41. The monoisotopic (exact) mass is 281 g/mol. The van der Waals surface area contributed by atoms with Crippen molar-refractivity contribution in [1.82, 2.24) is 14.5 Å². The SMILES string of the molecule is c1ccc(-c2cn3c(n2)O[C@]2(CN4CCC2CC4)C3)cc1. The van der Waals surface area contributed by atoms with Crippen LogP contribution in [0.3, 0.4) is 0 Å². The van der Waals surface area contributed by atoms with Crippen molar-refractivity contribution in [3.63, 3.8) is 0 Å². The molecular formula is C17H19N3O. The molecule has 1 aromatic carbocycles. The smallest absolute Gasteiger partial charge is 0.297 e.